The molecule has 0 aliphatic heterocycles. The number of rotatable bonds is 1. The molecule has 0 radical (unpaired) electrons. The van der Waals surface area contributed by atoms with E-state index in [2.05, 4.69) is 0 Å². The van der Waals surface area contributed by atoms with Gasteiger partial charge in [0.15, 0.2) is 0 Å². The van der Waals surface area contributed by atoms with Crippen molar-refractivity contribution in [2.75, 3.05) is 0 Å². The lowest BCUT2D eigenvalue weighted by atomic mass is 10.2. The molecule has 5 heteroatoms. The first kappa shape index (κ1) is 9.75. The lowest BCUT2D eigenvalue weighted by Crippen LogP contribution is -2.09. The number of hydrogen-bond donors (Lipinski definition) is 2. The van der Waals surface area contributed by atoms with Gasteiger partial charge in [-0.25, -0.2) is 0 Å². The summed E-state index contributed by atoms with van der Waals surface area (Å²) in [4.78, 5) is 17.8. The van der Waals surface area contributed by atoms with E-state index in [0.717, 1.165) is 0 Å². The summed E-state index contributed by atoms with van der Waals surface area (Å²) in [5.74, 6) is 0. The van der Waals surface area contributed by atoms with Crippen molar-refractivity contribution in [3.63, 3.8) is 0 Å². The topological polar surface area (TPSA) is 57.5 Å². The predicted molar refractivity (Wildman–Crippen MR) is 47.9 cm³/mol. The van der Waals surface area contributed by atoms with Crippen molar-refractivity contribution < 1.29 is 14.4 Å². The Bertz CT molecular complexity index is 324. The Balaban J connectivity index is 3.42. The number of halogens is 1. The van der Waals surface area contributed by atoms with E-state index in [-0.39, 0.29) is 10.3 Å². The molecule has 0 saturated carbocycles. The van der Waals surface area contributed by atoms with Gasteiger partial charge in [-0.05, 0) is 18.6 Å². The average molecular weight is 207 g/mol. The van der Waals surface area contributed by atoms with Crippen molar-refractivity contribution in [2.45, 2.75) is 6.92 Å². The van der Waals surface area contributed by atoms with Crippen LogP contribution in [0.4, 0.5) is 0 Å². The van der Waals surface area contributed by atoms with Crippen LogP contribution in [0.3, 0.4) is 0 Å². The molecule has 1 aromatic carbocycles. The monoisotopic (exact) mass is 206 g/mol. The van der Waals surface area contributed by atoms with Crippen molar-refractivity contribution >= 4 is 24.5 Å². The van der Waals surface area contributed by atoms with Crippen molar-refractivity contribution in [3.8, 4) is 0 Å². The van der Waals surface area contributed by atoms with Gasteiger partial charge in [-0.1, -0.05) is 23.7 Å². The molecule has 0 bridgehead atoms. The molecule has 0 fully saturated rings. The van der Waals surface area contributed by atoms with Crippen LogP contribution in [0.25, 0.3) is 0 Å². The SMILES string of the molecule is Cc1cccc(Cl)c1P(=O)(O)O. The van der Waals surface area contributed by atoms with Gasteiger partial charge in [0, 0.05) is 0 Å². The van der Waals surface area contributed by atoms with Crippen LogP contribution < -0.4 is 5.30 Å². The molecule has 0 heterocycles. The van der Waals surface area contributed by atoms with E-state index in [1.165, 1.54) is 6.07 Å². The first-order valence-corrected chi connectivity index (χ1v) is 5.23. The molecule has 2 N–H and O–H groups in total. The molecule has 0 atom stereocenters. The van der Waals surface area contributed by atoms with E-state index in [0.29, 0.717) is 5.56 Å². The van der Waals surface area contributed by atoms with Gasteiger partial charge in [0.25, 0.3) is 0 Å². The summed E-state index contributed by atoms with van der Waals surface area (Å²) in [7, 11) is -4.23. The molecule has 1 aromatic rings. The predicted octanol–water partition coefficient (Wildman–Crippen LogP) is 1.45. The standard InChI is InChI=1S/C7H8ClO3P/c1-5-3-2-4-6(8)7(5)12(9,10)11/h2-4H,1H3,(H2,9,10,11). The summed E-state index contributed by atoms with van der Waals surface area (Å²) < 4.78 is 10.9. The Morgan fingerprint density at radius 2 is 2.00 bits per heavy atom. The number of aryl methyl sites for hydroxylation is 1. The molecular formula is C7H8ClO3P. The van der Waals surface area contributed by atoms with Crippen molar-refractivity contribution in [1.82, 2.24) is 0 Å². The molecule has 0 unspecified atom stereocenters. The quantitative estimate of drug-likeness (QED) is 0.684. The fourth-order valence-electron chi connectivity index (χ4n) is 0.992. The van der Waals surface area contributed by atoms with Crippen LogP contribution in [0.2, 0.25) is 5.02 Å². The fraction of sp³-hybridized carbons (Fsp3) is 0.143. The second-order valence-electron chi connectivity index (χ2n) is 2.45. The van der Waals surface area contributed by atoms with E-state index in [9.17, 15) is 4.57 Å². The van der Waals surface area contributed by atoms with Crippen molar-refractivity contribution in [1.29, 1.82) is 0 Å². The second kappa shape index (κ2) is 3.19. The van der Waals surface area contributed by atoms with E-state index in [1.807, 2.05) is 0 Å². The number of benzene rings is 1. The second-order valence-corrected chi connectivity index (χ2v) is 4.39. The van der Waals surface area contributed by atoms with E-state index in [4.69, 9.17) is 21.4 Å². The fourth-order valence-corrected chi connectivity index (χ4v) is 2.43. The molecule has 0 saturated heterocycles. The van der Waals surface area contributed by atoms with Crippen LogP contribution >= 0.6 is 19.2 Å². The van der Waals surface area contributed by atoms with Crippen molar-refractivity contribution in [3.05, 3.63) is 28.8 Å². The molecule has 12 heavy (non-hydrogen) atoms. The molecule has 1 rings (SSSR count). The van der Waals surface area contributed by atoms with E-state index >= 15 is 0 Å². The zero-order chi connectivity index (χ0) is 9.35. The molecule has 66 valence electrons. The van der Waals surface area contributed by atoms with Crippen LogP contribution in [0.5, 0.6) is 0 Å². The van der Waals surface area contributed by atoms with Gasteiger partial charge in [0.1, 0.15) is 0 Å². The highest BCUT2D eigenvalue weighted by Crippen LogP contribution is 2.37. The molecule has 0 aliphatic rings. The van der Waals surface area contributed by atoms with Gasteiger partial charge in [-0.15, -0.1) is 0 Å². The minimum absolute atomic E-state index is 0.0772. The van der Waals surface area contributed by atoms with Gasteiger partial charge >= 0.3 is 7.60 Å². The molecule has 0 spiro atoms. The molecule has 0 aromatic heterocycles. The maximum Gasteiger partial charge on any atom is 0.357 e. The van der Waals surface area contributed by atoms with Gasteiger partial charge in [0.2, 0.25) is 0 Å². The average Bonchev–Trinajstić information content (AvgIpc) is 1.82. The summed E-state index contributed by atoms with van der Waals surface area (Å²) in [6.45, 7) is 1.61. The van der Waals surface area contributed by atoms with E-state index in [1.54, 1.807) is 19.1 Å². The third-order valence-corrected chi connectivity index (χ3v) is 3.10. The maximum atomic E-state index is 10.9. The Kier molecular flexibility index (Phi) is 2.59. The van der Waals surface area contributed by atoms with Crippen molar-refractivity contribution in [2.24, 2.45) is 0 Å². The third-order valence-electron chi connectivity index (χ3n) is 1.48. The maximum absolute atomic E-state index is 10.9. The zero-order valence-corrected chi connectivity index (χ0v) is 8.01. The summed E-state index contributed by atoms with van der Waals surface area (Å²) in [5, 5.41) is 0.0370. The van der Waals surface area contributed by atoms with Gasteiger partial charge in [0.05, 0.1) is 10.3 Å². The van der Waals surface area contributed by atoms with Gasteiger partial charge < -0.3 is 9.79 Å². The summed E-state index contributed by atoms with van der Waals surface area (Å²) in [5.41, 5.74) is 0.510. The minimum atomic E-state index is -4.23. The highest BCUT2D eigenvalue weighted by molar-refractivity contribution is 7.60. The Morgan fingerprint density at radius 3 is 2.33 bits per heavy atom. The van der Waals surface area contributed by atoms with Crippen LogP contribution in [0.15, 0.2) is 18.2 Å². The smallest absolute Gasteiger partial charge is 0.321 e. The zero-order valence-electron chi connectivity index (χ0n) is 6.36. The first-order chi connectivity index (χ1) is 5.43. The van der Waals surface area contributed by atoms with Crippen LogP contribution in [-0.4, -0.2) is 9.79 Å². The molecule has 0 amide bonds. The largest absolute Gasteiger partial charge is 0.357 e. The minimum Gasteiger partial charge on any atom is -0.321 e. The van der Waals surface area contributed by atoms with E-state index < -0.39 is 7.60 Å². The summed E-state index contributed by atoms with van der Waals surface area (Å²) >= 11 is 5.62. The Hall–Kier alpha value is -0.340. The molecule has 0 aliphatic carbocycles. The lowest BCUT2D eigenvalue weighted by Gasteiger charge is -2.08. The van der Waals surface area contributed by atoms with Gasteiger partial charge in [-0.2, -0.15) is 0 Å². The lowest BCUT2D eigenvalue weighted by molar-refractivity contribution is 0.387. The van der Waals surface area contributed by atoms with Gasteiger partial charge in [-0.3, -0.25) is 4.57 Å². The van der Waals surface area contributed by atoms with Crippen LogP contribution in [0, 0.1) is 6.92 Å². The van der Waals surface area contributed by atoms with Crippen LogP contribution in [-0.2, 0) is 4.57 Å². The molecule has 3 nitrogen and oxygen atoms in total. The summed E-state index contributed by atoms with van der Waals surface area (Å²) in [6.07, 6.45) is 0. The Labute approximate surface area is 75.2 Å². The Morgan fingerprint density at radius 1 is 1.42 bits per heavy atom. The highest BCUT2D eigenvalue weighted by Gasteiger charge is 2.22. The van der Waals surface area contributed by atoms with Crippen LogP contribution in [0.1, 0.15) is 5.56 Å². The third kappa shape index (κ3) is 1.87. The highest BCUT2D eigenvalue weighted by atomic mass is 35.5. The summed E-state index contributed by atoms with van der Waals surface area (Å²) in [6, 6.07) is 4.72. The first-order valence-electron chi connectivity index (χ1n) is 3.24. The normalized spacial score (nSPS) is 11.7. The number of hydrogen-bond acceptors (Lipinski definition) is 1. The molecular weight excluding hydrogens is 199 g/mol.